The second-order valence-corrected chi connectivity index (χ2v) is 7.94. The summed E-state index contributed by atoms with van der Waals surface area (Å²) in [5.74, 6) is -0.101. The van der Waals surface area contributed by atoms with Crippen LogP contribution in [0.5, 0.6) is 0 Å². The van der Waals surface area contributed by atoms with E-state index in [-0.39, 0.29) is 18.4 Å². The van der Waals surface area contributed by atoms with Gasteiger partial charge < -0.3 is 9.80 Å². The van der Waals surface area contributed by atoms with Crippen molar-refractivity contribution in [2.45, 2.75) is 26.4 Å². The molecule has 2 amide bonds. The number of likely N-dealkylation sites (tertiary alicyclic amines) is 1. The lowest BCUT2D eigenvalue weighted by Gasteiger charge is -2.19. The predicted octanol–water partition coefficient (Wildman–Crippen LogP) is 5.17. The Kier molecular flexibility index (Phi) is 6.03. The minimum absolute atomic E-state index is 0.0248. The molecule has 1 fully saturated rings. The van der Waals surface area contributed by atoms with Gasteiger partial charge in [-0.15, -0.1) is 0 Å². The summed E-state index contributed by atoms with van der Waals surface area (Å²) < 4.78 is 13.5. The lowest BCUT2D eigenvalue weighted by Crippen LogP contribution is -2.30. The second kappa shape index (κ2) is 8.88. The minimum atomic E-state index is -0.928. The molecule has 160 valence electrons. The molecule has 0 saturated carbocycles. The Morgan fingerprint density at radius 3 is 2.48 bits per heavy atom. The van der Waals surface area contributed by atoms with Crippen molar-refractivity contribution in [2.75, 3.05) is 26.2 Å². The van der Waals surface area contributed by atoms with Gasteiger partial charge in [0.1, 0.15) is 6.17 Å². The standard InChI is InChI=1S/C26H27FN2O2/c1-3-28(4-2)25(30)20-9-5-7-18(15-20)23-10-6-8-19-16-21(11-12-24(19)23)26(31)29-14-13-22(27)17-29/h5-12,15-16,22H,3-4,13-14,17H2,1-2H3/t22-/m1/s1. The van der Waals surface area contributed by atoms with Gasteiger partial charge in [0.25, 0.3) is 11.8 Å². The maximum Gasteiger partial charge on any atom is 0.253 e. The van der Waals surface area contributed by atoms with E-state index in [0.717, 1.165) is 21.9 Å². The summed E-state index contributed by atoms with van der Waals surface area (Å²) in [6.45, 7) is 5.93. The first kappa shape index (κ1) is 21.0. The summed E-state index contributed by atoms with van der Waals surface area (Å²) >= 11 is 0. The van der Waals surface area contributed by atoms with Crippen molar-refractivity contribution in [3.63, 3.8) is 0 Å². The summed E-state index contributed by atoms with van der Waals surface area (Å²) in [5.41, 5.74) is 3.21. The van der Waals surface area contributed by atoms with Gasteiger partial charge in [0.15, 0.2) is 0 Å². The van der Waals surface area contributed by atoms with Gasteiger partial charge in [-0.05, 0) is 66.4 Å². The number of hydrogen-bond donors (Lipinski definition) is 0. The van der Waals surface area contributed by atoms with Crippen LogP contribution < -0.4 is 0 Å². The molecule has 0 bridgehead atoms. The number of rotatable bonds is 5. The molecule has 1 aliphatic heterocycles. The van der Waals surface area contributed by atoms with Crippen molar-refractivity contribution < 1.29 is 14.0 Å². The van der Waals surface area contributed by atoms with Gasteiger partial charge in [0, 0.05) is 30.8 Å². The van der Waals surface area contributed by atoms with Gasteiger partial charge >= 0.3 is 0 Å². The Bertz CT molecular complexity index is 1120. The molecule has 31 heavy (non-hydrogen) atoms. The first-order chi connectivity index (χ1) is 15.0. The topological polar surface area (TPSA) is 40.6 Å². The third-order valence-electron chi connectivity index (χ3n) is 6.02. The summed E-state index contributed by atoms with van der Waals surface area (Å²) in [4.78, 5) is 28.9. The van der Waals surface area contributed by atoms with Gasteiger partial charge in [-0.1, -0.05) is 36.4 Å². The van der Waals surface area contributed by atoms with Crippen molar-refractivity contribution in [1.29, 1.82) is 0 Å². The average Bonchev–Trinajstić information content (AvgIpc) is 3.24. The van der Waals surface area contributed by atoms with Crippen LogP contribution in [0.3, 0.4) is 0 Å². The smallest absolute Gasteiger partial charge is 0.253 e. The molecule has 0 aromatic heterocycles. The van der Waals surface area contributed by atoms with E-state index in [2.05, 4.69) is 0 Å². The molecule has 3 aromatic rings. The van der Waals surface area contributed by atoms with Crippen LogP contribution in [0.1, 0.15) is 41.0 Å². The molecule has 4 nitrogen and oxygen atoms in total. The van der Waals surface area contributed by atoms with E-state index in [1.54, 1.807) is 9.80 Å². The number of fused-ring (bicyclic) bond motifs is 1. The van der Waals surface area contributed by atoms with E-state index in [4.69, 9.17) is 0 Å². The van der Waals surface area contributed by atoms with E-state index in [0.29, 0.717) is 37.2 Å². The van der Waals surface area contributed by atoms with Crippen LogP contribution in [0.2, 0.25) is 0 Å². The van der Waals surface area contributed by atoms with Crippen LogP contribution in [0.15, 0.2) is 60.7 Å². The molecule has 1 atom stereocenters. The monoisotopic (exact) mass is 418 g/mol. The van der Waals surface area contributed by atoms with Crippen LogP contribution in [0.25, 0.3) is 21.9 Å². The molecular formula is C26H27FN2O2. The summed E-state index contributed by atoms with van der Waals surface area (Å²) in [6.07, 6.45) is -0.520. The number of carbonyl (C=O) groups is 2. The summed E-state index contributed by atoms with van der Waals surface area (Å²) in [5, 5.41) is 1.95. The molecule has 5 heteroatoms. The zero-order valence-corrected chi connectivity index (χ0v) is 18.0. The van der Waals surface area contributed by atoms with Gasteiger partial charge in [-0.25, -0.2) is 4.39 Å². The fraction of sp³-hybridized carbons (Fsp3) is 0.308. The Balaban J connectivity index is 1.68. The Hall–Kier alpha value is -3.21. The lowest BCUT2D eigenvalue weighted by molar-refractivity contribution is 0.0769. The Morgan fingerprint density at radius 1 is 1.00 bits per heavy atom. The highest BCUT2D eigenvalue weighted by atomic mass is 19.1. The number of halogens is 1. The first-order valence-corrected chi connectivity index (χ1v) is 10.9. The molecule has 4 rings (SSSR count). The number of benzene rings is 3. The van der Waals surface area contributed by atoms with Crippen molar-refractivity contribution in [1.82, 2.24) is 9.80 Å². The number of alkyl halides is 1. The molecule has 0 unspecified atom stereocenters. The van der Waals surface area contributed by atoms with E-state index in [1.807, 2.05) is 74.5 Å². The van der Waals surface area contributed by atoms with E-state index in [1.165, 1.54) is 0 Å². The van der Waals surface area contributed by atoms with Crippen molar-refractivity contribution in [3.8, 4) is 11.1 Å². The zero-order valence-electron chi connectivity index (χ0n) is 18.0. The molecule has 1 saturated heterocycles. The van der Waals surface area contributed by atoms with Crippen molar-refractivity contribution in [2.24, 2.45) is 0 Å². The van der Waals surface area contributed by atoms with Crippen LogP contribution >= 0.6 is 0 Å². The number of hydrogen-bond acceptors (Lipinski definition) is 2. The van der Waals surface area contributed by atoms with Crippen LogP contribution in [0.4, 0.5) is 4.39 Å². The fourth-order valence-corrected chi connectivity index (χ4v) is 4.27. The average molecular weight is 419 g/mol. The predicted molar refractivity (Wildman–Crippen MR) is 122 cm³/mol. The van der Waals surface area contributed by atoms with Gasteiger partial charge in [0.2, 0.25) is 0 Å². The molecular weight excluding hydrogens is 391 g/mol. The molecule has 0 spiro atoms. The van der Waals surface area contributed by atoms with Gasteiger partial charge in [-0.3, -0.25) is 9.59 Å². The quantitative estimate of drug-likeness (QED) is 0.573. The first-order valence-electron chi connectivity index (χ1n) is 10.9. The van der Waals surface area contributed by atoms with E-state index < -0.39 is 6.17 Å². The second-order valence-electron chi connectivity index (χ2n) is 7.94. The Labute approximate surface area is 182 Å². The third kappa shape index (κ3) is 4.18. The highest BCUT2D eigenvalue weighted by Crippen LogP contribution is 2.30. The van der Waals surface area contributed by atoms with E-state index in [9.17, 15) is 14.0 Å². The van der Waals surface area contributed by atoms with Gasteiger partial charge in [-0.2, -0.15) is 0 Å². The van der Waals surface area contributed by atoms with Crippen molar-refractivity contribution in [3.05, 3.63) is 71.8 Å². The molecule has 0 radical (unpaired) electrons. The number of nitrogens with zero attached hydrogens (tertiary/aromatic N) is 2. The molecule has 1 aliphatic rings. The SMILES string of the molecule is CCN(CC)C(=O)c1cccc(-c2cccc3cc(C(=O)N4CC[C@@H](F)C4)ccc23)c1. The van der Waals surface area contributed by atoms with Gasteiger partial charge in [0.05, 0.1) is 6.54 Å². The summed E-state index contributed by atoms with van der Waals surface area (Å²) in [6, 6.07) is 19.3. The van der Waals surface area contributed by atoms with Crippen LogP contribution in [-0.4, -0.2) is 54.0 Å². The summed E-state index contributed by atoms with van der Waals surface area (Å²) in [7, 11) is 0. The lowest BCUT2D eigenvalue weighted by atomic mass is 9.95. The number of carbonyl (C=O) groups excluding carboxylic acids is 2. The van der Waals surface area contributed by atoms with Crippen LogP contribution in [0, 0.1) is 0 Å². The number of amides is 2. The maximum absolute atomic E-state index is 13.5. The van der Waals surface area contributed by atoms with E-state index >= 15 is 0 Å². The van der Waals surface area contributed by atoms with Crippen LogP contribution in [-0.2, 0) is 0 Å². The van der Waals surface area contributed by atoms with Crippen molar-refractivity contribution >= 4 is 22.6 Å². The zero-order chi connectivity index (χ0) is 22.0. The normalized spacial score (nSPS) is 16.0. The fourth-order valence-electron chi connectivity index (χ4n) is 4.27. The Morgan fingerprint density at radius 2 is 1.77 bits per heavy atom. The maximum atomic E-state index is 13.5. The highest BCUT2D eigenvalue weighted by molar-refractivity contribution is 6.03. The third-order valence-corrected chi connectivity index (χ3v) is 6.02. The molecule has 1 heterocycles. The largest absolute Gasteiger partial charge is 0.339 e. The molecule has 0 N–H and O–H groups in total. The highest BCUT2D eigenvalue weighted by Gasteiger charge is 2.26. The molecule has 0 aliphatic carbocycles. The molecule has 3 aromatic carbocycles. The minimum Gasteiger partial charge on any atom is -0.339 e.